The van der Waals surface area contributed by atoms with Gasteiger partial charge in [-0.25, -0.2) is 13.4 Å². The number of rotatable bonds is 5. The van der Waals surface area contributed by atoms with Gasteiger partial charge in [-0.05, 0) is 43.7 Å². The number of likely N-dealkylation sites (tertiary alicyclic amines) is 1. The lowest BCUT2D eigenvalue weighted by atomic mass is 10.0. The van der Waals surface area contributed by atoms with E-state index in [1.54, 1.807) is 16.4 Å². The zero-order valence-corrected chi connectivity index (χ0v) is 16.9. The summed E-state index contributed by atoms with van der Waals surface area (Å²) in [5.41, 5.74) is 0. The van der Waals surface area contributed by atoms with Gasteiger partial charge in [0, 0.05) is 32.4 Å². The maximum absolute atomic E-state index is 12.6. The van der Waals surface area contributed by atoms with E-state index in [0.717, 1.165) is 38.8 Å². The molecule has 1 atom stereocenters. The van der Waals surface area contributed by atoms with Crippen LogP contribution in [0.2, 0.25) is 0 Å². The molecule has 0 unspecified atom stereocenters. The smallest absolute Gasteiger partial charge is 0.244 e. The van der Waals surface area contributed by atoms with E-state index in [2.05, 4.69) is 11.9 Å². The van der Waals surface area contributed by atoms with E-state index >= 15 is 0 Å². The zero-order chi connectivity index (χ0) is 18.6. The van der Waals surface area contributed by atoms with Crippen LogP contribution in [0.5, 0.6) is 0 Å². The molecule has 1 aromatic rings. The van der Waals surface area contributed by atoms with Crippen molar-refractivity contribution in [1.82, 2.24) is 14.2 Å². The van der Waals surface area contributed by atoms with E-state index in [4.69, 9.17) is 0 Å². The summed E-state index contributed by atoms with van der Waals surface area (Å²) in [6, 6.07) is 3.31. The number of sulfonamides is 1. The summed E-state index contributed by atoms with van der Waals surface area (Å²) in [4.78, 5) is 18.7. The van der Waals surface area contributed by atoms with Gasteiger partial charge in [-0.1, -0.05) is 25.1 Å². The lowest BCUT2D eigenvalue weighted by molar-refractivity contribution is -0.130. The van der Waals surface area contributed by atoms with Crippen molar-refractivity contribution in [2.24, 2.45) is 5.92 Å². The fourth-order valence-corrected chi connectivity index (χ4v) is 5.71. The van der Waals surface area contributed by atoms with Gasteiger partial charge < -0.3 is 4.90 Å². The molecule has 3 rings (SSSR count). The van der Waals surface area contributed by atoms with Gasteiger partial charge in [-0.2, -0.15) is 4.31 Å². The second-order valence-corrected chi connectivity index (χ2v) is 10.1. The third-order valence-electron chi connectivity index (χ3n) is 5.02. The average molecular weight is 398 g/mol. The third-order valence-corrected chi connectivity index (χ3v) is 7.83. The highest BCUT2D eigenvalue weighted by Crippen LogP contribution is 2.23. The number of amides is 1. The minimum Gasteiger partial charge on any atom is -0.342 e. The van der Waals surface area contributed by atoms with Crippen molar-refractivity contribution in [3.05, 3.63) is 18.3 Å². The Bertz CT molecular complexity index is 716. The van der Waals surface area contributed by atoms with Crippen molar-refractivity contribution in [3.63, 3.8) is 0 Å². The molecule has 0 spiro atoms. The van der Waals surface area contributed by atoms with E-state index in [0.29, 0.717) is 29.8 Å². The quantitative estimate of drug-likeness (QED) is 0.714. The van der Waals surface area contributed by atoms with Crippen LogP contribution in [0, 0.1) is 5.92 Å². The first-order valence-electron chi connectivity index (χ1n) is 9.33. The summed E-state index contributed by atoms with van der Waals surface area (Å²) in [5, 5.41) is 0.681. The number of carbonyl (C=O) groups is 1. The molecule has 26 heavy (non-hydrogen) atoms. The first-order valence-corrected chi connectivity index (χ1v) is 11.8. The van der Waals surface area contributed by atoms with Gasteiger partial charge in [0.25, 0.3) is 0 Å². The highest BCUT2D eigenvalue weighted by Gasteiger charge is 2.26. The number of hydrogen-bond acceptors (Lipinski definition) is 5. The monoisotopic (exact) mass is 397 g/mol. The fourth-order valence-electron chi connectivity index (χ4n) is 3.50. The third kappa shape index (κ3) is 4.78. The molecule has 1 aromatic heterocycles. The molecule has 0 aliphatic carbocycles. The van der Waals surface area contributed by atoms with Crippen molar-refractivity contribution in [1.29, 1.82) is 0 Å². The Hall–Kier alpha value is -1.12. The summed E-state index contributed by atoms with van der Waals surface area (Å²) in [6.45, 7) is 5.02. The molecule has 2 saturated heterocycles. The van der Waals surface area contributed by atoms with Crippen molar-refractivity contribution >= 4 is 27.7 Å². The second kappa shape index (κ2) is 8.71. The normalized spacial score (nSPS) is 22.3. The summed E-state index contributed by atoms with van der Waals surface area (Å²) in [5.74, 6) is 1.04. The van der Waals surface area contributed by atoms with Crippen molar-refractivity contribution in [2.45, 2.75) is 48.9 Å². The molecule has 6 nitrogen and oxygen atoms in total. The summed E-state index contributed by atoms with van der Waals surface area (Å²) in [6.07, 6.45) is 6.59. The van der Waals surface area contributed by atoms with Gasteiger partial charge in [-0.3, -0.25) is 4.79 Å². The molecule has 2 fully saturated rings. The molecule has 1 amide bonds. The largest absolute Gasteiger partial charge is 0.342 e. The van der Waals surface area contributed by atoms with Crippen LogP contribution < -0.4 is 0 Å². The molecule has 0 bridgehead atoms. The van der Waals surface area contributed by atoms with Gasteiger partial charge >= 0.3 is 0 Å². The van der Waals surface area contributed by atoms with Crippen LogP contribution in [0.4, 0.5) is 0 Å². The van der Waals surface area contributed by atoms with Gasteiger partial charge in [-0.15, -0.1) is 0 Å². The number of nitrogens with zero attached hydrogens (tertiary/aromatic N) is 3. The number of thioether (sulfide) groups is 1. The van der Waals surface area contributed by atoms with E-state index in [9.17, 15) is 13.2 Å². The Kier molecular flexibility index (Phi) is 6.58. The van der Waals surface area contributed by atoms with Crippen LogP contribution in [0.3, 0.4) is 0 Å². The summed E-state index contributed by atoms with van der Waals surface area (Å²) in [7, 11) is -3.45. The topological polar surface area (TPSA) is 70.6 Å². The van der Waals surface area contributed by atoms with Crippen LogP contribution in [0.25, 0.3) is 0 Å². The number of piperidine rings is 2. The Morgan fingerprint density at radius 3 is 2.62 bits per heavy atom. The summed E-state index contributed by atoms with van der Waals surface area (Å²) >= 11 is 1.37. The van der Waals surface area contributed by atoms with Crippen LogP contribution in [-0.2, 0) is 14.8 Å². The van der Waals surface area contributed by atoms with Gasteiger partial charge in [0.1, 0.15) is 4.90 Å². The average Bonchev–Trinajstić information content (AvgIpc) is 2.67. The van der Waals surface area contributed by atoms with Crippen LogP contribution in [-0.4, -0.2) is 60.4 Å². The van der Waals surface area contributed by atoms with E-state index in [1.165, 1.54) is 24.4 Å². The molecule has 0 saturated carbocycles. The molecule has 0 radical (unpaired) electrons. The van der Waals surface area contributed by atoms with Gasteiger partial charge in [0.05, 0.1) is 10.8 Å². The van der Waals surface area contributed by atoms with E-state index in [-0.39, 0.29) is 10.8 Å². The number of hydrogen-bond donors (Lipinski definition) is 0. The number of carbonyl (C=O) groups excluding carboxylic acids is 1. The highest BCUT2D eigenvalue weighted by atomic mass is 32.2. The first-order chi connectivity index (χ1) is 12.5. The Morgan fingerprint density at radius 2 is 1.96 bits per heavy atom. The number of pyridine rings is 1. The Balaban J connectivity index is 1.56. The molecular weight excluding hydrogens is 370 g/mol. The minimum atomic E-state index is -3.45. The lowest BCUT2D eigenvalue weighted by Gasteiger charge is -2.30. The molecule has 3 heterocycles. The van der Waals surface area contributed by atoms with Gasteiger partial charge in [0.2, 0.25) is 15.9 Å². The number of aromatic nitrogens is 1. The predicted octanol–water partition coefficient (Wildman–Crippen LogP) is 2.61. The standard InChI is InChI=1S/C18H27N3O3S2/c1-15-6-5-9-20(13-15)18(22)14-25-17-8-7-16(12-19-17)26(23,24)21-10-3-2-4-11-21/h7-8,12,15H,2-6,9-11,13-14H2,1H3/t15-/m1/s1. The maximum Gasteiger partial charge on any atom is 0.244 e. The van der Waals surface area contributed by atoms with Crippen LogP contribution >= 0.6 is 11.8 Å². The van der Waals surface area contributed by atoms with Crippen molar-refractivity contribution < 1.29 is 13.2 Å². The first kappa shape index (κ1) is 19.6. The molecular formula is C18H27N3O3S2. The van der Waals surface area contributed by atoms with Crippen LogP contribution in [0.15, 0.2) is 28.3 Å². The molecule has 0 aromatic carbocycles. The highest BCUT2D eigenvalue weighted by molar-refractivity contribution is 7.99. The van der Waals surface area contributed by atoms with Crippen molar-refractivity contribution in [3.8, 4) is 0 Å². The van der Waals surface area contributed by atoms with Crippen molar-refractivity contribution in [2.75, 3.05) is 31.9 Å². The zero-order valence-electron chi connectivity index (χ0n) is 15.3. The molecule has 2 aliphatic heterocycles. The van der Waals surface area contributed by atoms with Gasteiger partial charge in [0.15, 0.2) is 0 Å². The molecule has 144 valence electrons. The Morgan fingerprint density at radius 1 is 1.19 bits per heavy atom. The summed E-state index contributed by atoms with van der Waals surface area (Å²) < 4.78 is 26.8. The minimum absolute atomic E-state index is 0.133. The molecule has 2 aliphatic rings. The maximum atomic E-state index is 12.6. The molecule has 8 heteroatoms. The fraction of sp³-hybridized carbons (Fsp3) is 0.667. The van der Waals surface area contributed by atoms with E-state index in [1.807, 2.05) is 4.90 Å². The van der Waals surface area contributed by atoms with E-state index < -0.39 is 10.0 Å². The second-order valence-electron chi connectivity index (χ2n) is 7.17. The predicted molar refractivity (Wildman–Crippen MR) is 103 cm³/mol. The lowest BCUT2D eigenvalue weighted by Crippen LogP contribution is -2.40. The SMILES string of the molecule is C[C@@H]1CCCN(C(=O)CSc2ccc(S(=O)(=O)N3CCCCC3)cn2)C1. The Labute approximate surface area is 160 Å². The molecule has 0 N–H and O–H groups in total. The van der Waals surface area contributed by atoms with Crippen LogP contribution in [0.1, 0.15) is 39.0 Å².